The Morgan fingerprint density at radius 2 is 1.58 bits per heavy atom. The van der Waals surface area contributed by atoms with E-state index in [0.717, 1.165) is 12.1 Å². The van der Waals surface area contributed by atoms with Gasteiger partial charge in [0.15, 0.2) is 0 Å². The van der Waals surface area contributed by atoms with Crippen LogP contribution in [0.1, 0.15) is 5.56 Å². The molecule has 0 fully saturated rings. The molecule has 0 unspecified atom stereocenters. The molecule has 0 radical (unpaired) electrons. The monoisotopic (exact) mass is 396 g/mol. The molecular weight excluding hydrogens is 392 g/mol. The second-order valence-electron chi connectivity index (χ2n) is 3.79. The maximum Gasteiger partial charge on any atom is 0.416 e. The minimum Gasteiger partial charge on any atom is -0.206 e. The third kappa shape index (κ3) is 3.00. The Labute approximate surface area is 123 Å². The number of hydrogen-bond donors (Lipinski definition) is 0. The Morgan fingerprint density at radius 1 is 0.895 bits per heavy atom. The van der Waals surface area contributed by atoms with Crippen LogP contribution in [0.2, 0.25) is 0 Å². The van der Waals surface area contributed by atoms with Crippen LogP contribution in [0.15, 0.2) is 45.3 Å². The van der Waals surface area contributed by atoms with E-state index in [1.54, 1.807) is 6.07 Å². The Bertz CT molecular complexity index is 600. The maximum absolute atomic E-state index is 13.8. The lowest BCUT2D eigenvalue weighted by Gasteiger charge is -2.12. The van der Waals surface area contributed by atoms with Crippen molar-refractivity contribution in [2.45, 2.75) is 6.18 Å². The van der Waals surface area contributed by atoms with Gasteiger partial charge in [-0.3, -0.25) is 0 Å². The van der Waals surface area contributed by atoms with E-state index < -0.39 is 17.6 Å². The van der Waals surface area contributed by atoms with Crippen LogP contribution < -0.4 is 0 Å². The maximum atomic E-state index is 13.8. The van der Waals surface area contributed by atoms with Gasteiger partial charge < -0.3 is 0 Å². The zero-order valence-corrected chi connectivity index (χ0v) is 12.4. The molecule has 19 heavy (non-hydrogen) atoms. The van der Waals surface area contributed by atoms with Crippen LogP contribution >= 0.6 is 31.9 Å². The van der Waals surface area contributed by atoms with Crippen molar-refractivity contribution >= 4 is 31.9 Å². The van der Waals surface area contributed by atoms with Crippen molar-refractivity contribution in [2.75, 3.05) is 0 Å². The first-order valence-corrected chi connectivity index (χ1v) is 6.70. The third-order valence-electron chi connectivity index (χ3n) is 2.53. The molecule has 0 saturated heterocycles. The largest absolute Gasteiger partial charge is 0.416 e. The number of rotatable bonds is 1. The molecule has 2 aromatic carbocycles. The van der Waals surface area contributed by atoms with Gasteiger partial charge in [0.1, 0.15) is 5.82 Å². The molecule has 0 aromatic heterocycles. The minimum absolute atomic E-state index is 0.188. The SMILES string of the molecule is Fc1cccc(Br)c1-c1ccc(C(F)(F)F)cc1Br. The van der Waals surface area contributed by atoms with Gasteiger partial charge >= 0.3 is 6.18 Å². The molecule has 2 rings (SSSR count). The van der Waals surface area contributed by atoms with Crippen LogP contribution in [0.4, 0.5) is 17.6 Å². The molecule has 6 heteroatoms. The first kappa shape index (κ1) is 14.5. The molecule has 0 nitrogen and oxygen atoms in total. The Morgan fingerprint density at radius 3 is 2.11 bits per heavy atom. The summed E-state index contributed by atoms with van der Waals surface area (Å²) in [6, 6.07) is 7.51. The number of halogens is 6. The topological polar surface area (TPSA) is 0 Å². The Hall–Kier alpha value is -0.880. The first-order chi connectivity index (χ1) is 8.80. The lowest BCUT2D eigenvalue weighted by atomic mass is 10.0. The molecular formula is C13H6Br2F4. The summed E-state index contributed by atoms with van der Waals surface area (Å²) in [6.07, 6.45) is -4.42. The quantitative estimate of drug-likeness (QED) is 0.515. The molecule has 0 amide bonds. The summed E-state index contributed by atoms with van der Waals surface area (Å²) in [4.78, 5) is 0. The number of hydrogen-bond acceptors (Lipinski definition) is 0. The molecule has 0 N–H and O–H groups in total. The summed E-state index contributed by atoms with van der Waals surface area (Å²) >= 11 is 6.25. The lowest BCUT2D eigenvalue weighted by molar-refractivity contribution is -0.137. The molecule has 0 atom stereocenters. The van der Waals surface area contributed by atoms with Crippen molar-refractivity contribution < 1.29 is 17.6 Å². The highest BCUT2D eigenvalue weighted by Gasteiger charge is 2.31. The van der Waals surface area contributed by atoms with Crippen molar-refractivity contribution in [3.8, 4) is 11.1 Å². The highest BCUT2D eigenvalue weighted by atomic mass is 79.9. The predicted octanol–water partition coefficient (Wildman–Crippen LogP) is 6.04. The third-order valence-corrected chi connectivity index (χ3v) is 3.85. The van der Waals surface area contributed by atoms with Gasteiger partial charge in [-0.2, -0.15) is 13.2 Å². The van der Waals surface area contributed by atoms with Gasteiger partial charge in [-0.05, 0) is 29.8 Å². The van der Waals surface area contributed by atoms with Crippen molar-refractivity contribution in [2.24, 2.45) is 0 Å². The van der Waals surface area contributed by atoms with Gasteiger partial charge in [0.05, 0.1) is 5.56 Å². The fourth-order valence-corrected chi connectivity index (χ4v) is 2.78. The van der Waals surface area contributed by atoms with E-state index in [2.05, 4.69) is 31.9 Å². The standard InChI is InChI=1S/C13H6Br2F4/c14-9-2-1-3-11(16)12(9)8-5-4-7(6-10(8)15)13(17,18)19/h1-6H. The lowest BCUT2D eigenvalue weighted by Crippen LogP contribution is -2.04. The molecule has 0 aliphatic carbocycles. The average molecular weight is 398 g/mol. The summed E-state index contributed by atoms with van der Waals surface area (Å²) in [5.41, 5.74) is -0.198. The second kappa shape index (κ2) is 5.25. The van der Waals surface area contributed by atoms with Crippen LogP contribution in [0.5, 0.6) is 0 Å². The van der Waals surface area contributed by atoms with E-state index >= 15 is 0 Å². The average Bonchev–Trinajstić information content (AvgIpc) is 2.29. The molecule has 0 spiro atoms. The summed E-state index contributed by atoms with van der Waals surface area (Å²) in [5.74, 6) is -0.505. The smallest absolute Gasteiger partial charge is 0.206 e. The van der Waals surface area contributed by atoms with Crippen molar-refractivity contribution in [3.05, 3.63) is 56.7 Å². The van der Waals surface area contributed by atoms with Crippen molar-refractivity contribution in [1.29, 1.82) is 0 Å². The van der Waals surface area contributed by atoms with Crippen LogP contribution in [-0.2, 0) is 6.18 Å². The van der Waals surface area contributed by atoms with Gasteiger partial charge in [-0.15, -0.1) is 0 Å². The fourth-order valence-electron chi connectivity index (χ4n) is 1.65. The molecule has 0 aliphatic heterocycles. The van der Waals surface area contributed by atoms with Crippen LogP contribution in [-0.4, -0.2) is 0 Å². The molecule has 2 aromatic rings. The van der Waals surface area contributed by atoms with Crippen LogP contribution in [0.3, 0.4) is 0 Å². The van der Waals surface area contributed by atoms with E-state index in [-0.39, 0.29) is 10.0 Å². The van der Waals surface area contributed by atoms with Crippen LogP contribution in [0, 0.1) is 5.82 Å². The Kier molecular flexibility index (Phi) is 4.01. The van der Waals surface area contributed by atoms with Crippen molar-refractivity contribution in [3.63, 3.8) is 0 Å². The van der Waals surface area contributed by atoms with Crippen molar-refractivity contribution in [1.82, 2.24) is 0 Å². The van der Waals surface area contributed by atoms with E-state index in [4.69, 9.17) is 0 Å². The zero-order valence-electron chi connectivity index (χ0n) is 9.23. The number of alkyl halides is 3. The van der Waals surface area contributed by atoms with E-state index in [9.17, 15) is 17.6 Å². The van der Waals surface area contributed by atoms with E-state index in [1.165, 1.54) is 18.2 Å². The van der Waals surface area contributed by atoms with Gasteiger partial charge in [-0.1, -0.05) is 44.0 Å². The highest BCUT2D eigenvalue weighted by molar-refractivity contribution is 9.11. The summed E-state index contributed by atoms with van der Waals surface area (Å²) in [5, 5.41) is 0. The normalized spacial score (nSPS) is 11.7. The zero-order chi connectivity index (χ0) is 14.2. The minimum atomic E-state index is -4.42. The van der Waals surface area contributed by atoms with E-state index in [1.807, 2.05) is 0 Å². The van der Waals surface area contributed by atoms with Gasteiger partial charge in [-0.25, -0.2) is 4.39 Å². The Balaban J connectivity index is 2.59. The fraction of sp³-hybridized carbons (Fsp3) is 0.0769. The molecule has 0 heterocycles. The number of benzene rings is 2. The molecule has 100 valence electrons. The van der Waals surface area contributed by atoms with Gasteiger partial charge in [0.2, 0.25) is 0 Å². The summed E-state index contributed by atoms with van der Waals surface area (Å²) < 4.78 is 52.1. The second-order valence-corrected chi connectivity index (χ2v) is 5.50. The van der Waals surface area contributed by atoms with E-state index in [0.29, 0.717) is 10.0 Å². The first-order valence-electron chi connectivity index (χ1n) is 5.12. The molecule has 0 bridgehead atoms. The molecule has 0 saturated carbocycles. The van der Waals surface area contributed by atoms with Crippen LogP contribution in [0.25, 0.3) is 11.1 Å². The summed E-state index contributed by atoms with van der Waals surface area (Å²) in [7, 11) is 0. The van der Waals surface area contributed by atoms with Gasteiger partial charge in [0.25, 0.3) is 0 Å². The highest BCUT2D eigenvalue weighted by Crippen LogP contribution is 2.39. The summed E-state index contributed by atoms with van der Waals surface area (Å²) in [6.45, 7) is 0. The molecule has 0 aliphatic rings. The van der Waals surface area contributed by atoms with Gasteiger partial charge in [0, 0.05) is 14.5 Å². The predicted molar refractivity (Wildman–Crippen MR) is 72.2 cm³/mol.